The maximum atomic E-state index is 5.91. The number of pyridine rings is 2. The minimum absolute atomic E-state index is 0.123. The molecule has 106 valence electrons. The second kappa shape index (κ2) is 5.87. The van der Waals surface area contributed by atoms with Crippen molar-refractivity contribution in [1.82, 2.24) is 15.4 Å². The Morgan fingerprint density at radius 1 is 1.00 bits per heavy atom. The Morgan fingerprint density at radius 3 is 2.67 bits per heavy atom. The van der Waals surface area contributed by atoms with Crippen LogP contribution in [0.1, 0.15) is 17.3 Å². The highest BCUT2D eigenvalue weighted by molar-refractivity contribution is 5.84. The van der Waals surface area contributed by atoms with Crippen molar-refractivity contribution in [3.05, 3.63) is 66.1 Å². The molecule has 1 aromatic carbocycles. The summed E-state index contributed by atoms with van der Waals surface area (Å²) in [5, 5.41) is 2.23. The van der Waals surface area contributed by atoms with Crippen LogP contribution in [0.2, 0.25) is 0 Å². The lowest BCUT2D eigenvalue weighted by Gasteiger charge is -2.18. The van der Waals surface area contributed by atoms with Crippen LogP contribution in [0.4, 0.5) is 5.82 Å². The Balaban J connectivity index is 2.01. The lowest BCUT2D eigenvalue weighted by atomic mass is 9.99. The number of hydrazine groups is 1. The lowest BCUT2D eigenvalue weighted by molar-refractivity contribution is 0.543. The van der Waals surface area contributed by atoms with E-state index in [1.54, 1.807) is 12.4 Å². The van der Waals surface area contributed by atoms with Gasteiger partial charge in [-0.1, -0.05) is 30.3 Å². The van der Waals surface area contributed by atoms with Crippen LogP contribution in [0.25, 0.3) is 10.8 Å². The fourth-order valence-electron chi connectivity index (χ4n) is 2.50. The summed E-state index contributed by atoms with van der Waals surface area (Å²) in [5.74, 6) is 6.27. The predicted octanol–water partition coefficient (Wildman–Crippen LogP) is 1.96. The first kappa shape index (κ1) is 13.5. The van der Waals surface area contributed by atoms with Gasteiger partial charge in [-0.2, -0.15) is 0 Å². The van der Waals surface area contributed by atoms with Gasteiger partial charge in [0.25, 0.3) is 0 Å². The molecule has 0 radical (unpaired) electrons. The molecule has 0 spiro atoms. The molecule has 2 heterocycles. The average Bonchev–Trinajstić information content (AvgIpc) is 2.54. The van der Waals surface area contributed by atoms with Crippen molar-refractivity contribution in [3.8, 4) is 0 Å². The molecule has 0 saturated carbocycles. The summed E-state index contributed by atoms with van der Waals surface area (Å²) >= 11 is 0. The minimum atomic E-state index is -0.123. The smallest absolute Gasteiger partial charge is 0.126 e. The Bertz CT molecular complexity index is 751. The van der Waals surface area contributed by atoms with Gasteiger partial charge in [0.05, 0.1) is 11.7 Å². The average molecular weight is 279 g/mol. The third-order valence-electron chi connectivity index (χ3n) is 3.59. The molecule has 2 aromatic heterocycles. The first-order chi connectivity index (χ1) is 10.3. The number of nitrogen functional groups attached to an aromatic ring is 1. The Morgan fingerprint density at radius 2 is 1.86 bits per heavy atom. The van der Waals surface area contributed by atoms with E-state index in [2.05, 4.69) is 27.5 Å². The van der Waals surface area contributed by atoms with Crippen molar-refractivity contribution in [2.24, 2.45) is 5.84 Å². The van der Waals surface area contributed by atoms with Crippen LogP contribution in [0.5, 0.6) is 0 Å². The van der Waals surface area contributed by atoms with E-state index >= 15 is 0 Å². The monoisotopic (exact) mass is 279 g/mol. The SMILES string of the molecule is NNC(Cc1cccnc1N)c1nccc2ccccc12. The zero-order valence-corrected chi connectivity index (χ0v) is 11.5. The zero-order valence-electron chi connectivity index (χ0n) is 11.5. The first-order valence-corrected chi connectivity index (χ1v) is 6.78. The van der Waals surface area contributed by atoms with E-state index < -0.39 is 0 Å². The van der Waals surface area contributed by atoms with Crippen LogP contribution in [0.15, 0.2) is 54.9 Å². The van der Waals surface area contributed by atoms with Crippen molar-refractivity contribution in [2.75, 3.05) is 5.73 Å². The van der Waals surface area contributed by atoms with Crippen molar-refractivity contribution >= 4 is 16.6 Å². The van der Waals surface area contributed by atoms with Crippen LogP contribution in [0, 0.1) is 0 Å². The molecule has 3 aromatic rings. The van der Waals surface area contributed by atoms with E-state index in [0.717, 1.165) is 22.0 Å². The van der Waals surface area contributed by atoms with Crippen LogP contribution in [0.3, 0.4) is 0 Å². The molecule has 0 aliphatic carbocycles. The van der Waals surface area contributed by atoms with E-state index in [-0.39, 0.29) is 6.04 Å². The highest BCUT2D eigenvalue weighted by Crippen LogP contribution is 2.25. The Hall–Kier alpha value is -2.50. The summed E-state index contributed by atoms with van der Waals surface area (Å²) in [4.78, 5) is 8.61. The number of fused-ring (bicyclic) bond motifs is 1. The molecular formula is C16H17N5. The summed E-state index contributed by atoms with van der Waals surface area (Å²) < 4.78 is 0. The van der Waals surface area contributed by atoms with Gasteiger partial charge in [0.15, 0.2) is 0 Å². The van der Waals surface area contributed by atoms with Crippen LogP contribution in [-0.2, 0) is 6.42 Å². The summed E-state index contributed by atoms with van der Waals surface area (Å²) in [7, 11) is 0. The summed E-state index contributed by atoms with van der Waals surface area (Å²) in [5.41, 5.74) is 10.6. The van der Waals surface area contributed by atoms with Crippen molar-refractivity contribution in [3.63, 3.8) is 0 Å². The van der Waals surface area contributed by atoms with E-state index in [9.17, 15) is 0 Å². The van der Waals surface area contributed by atoms with Crippen LogP contribution >= 0.6 is 0 Å². The third kappa shape index (κ3) is 2.69. The molecule has 3 rings (SSSR count). The Labute approximate surface area is 123 Å². The van der Waals surface area contributed by atoms with E-state index in [0.29, 0.717) is 12.2 Å². The standard InChI is InChI=1S/C16H17N5/c17-16-12(5-3-8-20-16)10-14(21-18)15-13-6-2-1-4-11(13)7-9-19-15/h1-9,14,21H,10,18H2,(H2,17,20). The van der Waals surface area contributed by atoms with Gasteiger partial charge in [-0.3, -0.25) is 16.3 Å². The number of nitrogens with zero attached hydrogens (tertiary/aromatic N) is 2. The van der Waals surface area contributed by atoms with Crippen LogP contribution in [-0.4, -0.2) is 9.97 Å². The topological polar surface area (TPSA) is 89.8 Å². The van der Waals surface area contributed by atoms with Gasteiger partial charge in [0.1, 0.15) is 5.82 Å². The molecule has 0 amide bonds. The van der Waals surface area contributed by atoms with Crippen molar-refractivity contribution in [2.45, 2.75) is 12.5 Å². The van der Waals surface area contributed by atoms with Crippen molar-refractivity contribution in [1.29, 1.82) is 0 Å². The number of rotatable bonds is 4. The molecule has 5 nitrogen and oxygen atoms in total. The molecular weight excluding hydrogens is 262 g/mol. The number of anilines is 1. The summed E-state index contributed by atoms with van der Waals surface area (Å²) in [6.45, 7) is 0. The molecule has 1 unspecified atom stereocenters. The lowest BCUT2D eigenvalue weighted by Crippen LogP contribution is -2.30. The maximum Gasteiger partial charge on any atom is 0.126 e. The van der Waals surface area contributed by atoms with Gasteiger partial charge in [0.2, 0.25) is 0 Å². The maximum absolute atomic E-state index is 5.91. The zero-order chi connectivity index (χ0) is 14.7. The van der Waals surface area contributed by atoms with Crippen LogP contribution < -0.4 is 17.0 Å². The summed E-state index contributed by atoms with van der Waals surface area (Å²) in [6, 6.07) is 13.8. The number of hydrogen-bond donors (Lipinski definition) is 3. The van der Waals surface area contributed by atoms with Gasteiger partial charge < -0.3 is 5.73 Å². The van der Waals surface area contributed by atoms with E-state index in [1.165, 1.54) is 0 Å². The van der Waals surface area contributed by atoms with Crippen molar-refractivity contribution < 1.29 is 0 Å². The fourth-order valence-corrected chi connectivity index (χ4v) is 2.50. The number of benzene rings is 1. The fraction of sp³-hybridized carbons (Fsp3) is 0.125. The summed E-state index contributed by atoms with van der Waals surface area (Å²) in [6.07, 6.45) is 4.12. The molecule has 1 atom stereocenters. The predicted molar refractivity (Wildman–Crippen MR) is 84.2 cm³/mol. The number of aromatic nitrogens is 2. The van der Waals surface area contributed by atoms with E-state index in [1.807, 2.05) is 30.3 Å². The highest BCUT2D eigenvalue weighted by atomic mass is 15.2. The van der Waals surface area contributed by atoms with E-state index in [4.69, 9.17) is 11.6 Å². The third-order valence-corrected chi connectivity index (χ3v) is 3.59. The molecule has 0 fully saturated rings. The second-order valence-electron chi connectivity index (χ2n) is 4.89. The van der Waals surface area contributed by atoms with Gasteiger partial charge in [-0.15, -0.1) is 0 Å². The second-order valence-corrected chi connectivity index (χ2v) is 4.89. The van der Waals surface area contributed by atoms with Gasteiger partial charge in [-0.05, 0) is 29.5 Å². The largest absolute Gasteiger partial charge is 0.383 e. The van der Waals surface area contributed by atoms with Gasteiger partial charge >= 0.3 is 0 Å². The molecule has 0 aliphatic heterocycles. The molecule has 0 saturated heterocycles. The Kier molecular flexibility index (Phi) is 3.77. The number of hydrogen-bond acceptors (Lipinski definition) is 5. The number of nitrogens with one attached hydrogen (secondary N) is 1. The quantitative estimate of drug-likeness (QED) is 0.502. The highest BCUT2D eigenvalue weighted by Gasteiger charge is 2.16. The number of nitrogens with two attached hydrogens (primary N) is 2. The van der Waals surface area contributed by atoms with Gasteiger partial charge in [-0.25, -0.2) is 4.98 Å². The first-order valence-electron chi connectivity index (χ1n) is 6.78. The molecule has 5 N–H and O–H groups in total. The molecule has 0 bridgehead atoms. The molecule has 0 aliphatic rings. The molecule has 21 heavy (non-hydrogen) atoms. The van der Waals surface area contributed by atoms with Gasteiger partial charge in [0, 0.05) is 17.8 Å². The minimum Gasteiger partial charge on any atom is -0.383 e. The molecule has 5 heteroatoms. The normalized spacial score (nSPS) is 12.4.